The second-order valence-electron chi connectivity index (χ2n) is 3.73. The van der Waals surface area contributed by atoms with Crippen molar-refractivity contribution in [1.29, 1.82) is 0 Å². The van der Waals surface area contributed by atoms with Crippen LogP contribution in [0.25, 0.3) is 10.9 Å². The van der Waals surface area contributed by atoms with Gasteiger partial charge < -0.3 is 5.32 Å². The molecule has 2 aromatic rings. The maximum Gasteiger partial charge on any atom is 0.297 e. The van der Waals surface area contributed by atoms with Gasteiger partial charge >= 0.3 is 0 Å². The Labute approximate surface area is 97.9 Å². The molecular weight excluding hydrogens is 224 g/mol. The minimum atomic E-state index is -2.66. The predicted octanol–water partition coefficient (Wildman–Crippen LogP) is 3.31. The number of nitrogens with zero attached hydrogens (tertiary/aromatic N) is 2. The third-order valence-electron chi connectivity index (χ3n) is 2.49. The van der Waals surface area contributed by atoms with Crippen LogP contribution < -0.4 is 5.32 Å². The smallest absolute Gasteiger partial charge is 0.297 e. The number of benzene rings is 1. The lowest BCUT2D eigenvalue weighted by Crippen LogP contribution is -2.05. The Bertz CT molecular complexity index is 541. The predicted molar refractivity (Wildman–Crippen MR) is 63.4 cm³/mol. The molecule has 3 nitrogen and oxygen atoms in total. The molecule has 90 valence electrons. The van der Waals surface area contributed by atoms with Crippen molar-refractivity contribution in [2.45, 2.75) is 20.3 Å². The Morgan fingerprint density at radius 1 is 1.29 bits per heavy atom. The molecule has 5 heteroatoms. The zero-order chi connectivity index (χ0) is 12.4. The van der Waals surface area contributed by atoms with Gasteiger partial charge in [0, 0.05) is 11.9 Å². The van der Waals surface area contributed by atoms with E-state index in [-0.39, 0.29) is 0 Å². The van der Waals surface area contributed by atoms with E-state index < -0.39 is 12.2 Å². The van der Waals surface area contributed by atoms with Crippen LogP contribution in [0, 0.1) is 6.92 Å². The number of hydrogen-bond donors (Lipinski definition) is 1. The van der Waals surface area contributed by atoms with E-state index in [2.05, 4.69) is 15.3 Å². The summed E-state index contributed by atoms with van der Waals surface area (Å²) in [6, 6.07) is 5.43. The first kappa shape index (κ1) is 11.7. The zero-order valence-corrected chi connectivity index (χ0v) is 9.67. The summed E-state index contributed by atoms with van der Waals surface area (Å²) in [6.45, 7) is 4.44. The molecule has 1 heterocycles. The highest BCUT2D eigenvalue weighted by Gasteiger charge is 2.15. The fourth-order valence-electron chi connectivity index (χ4n) is 1.77. The standard InChI is InChI=1S/C12H13F2N3/c1-3-15-11-9-7(2)5-4-6-8(9)16-12(17-11)10(13)14/h4-6,10H,3H2,1-2H3,(H,15,16,17). The highest BCUT2D eigenvalue weighted by Crippen LogP contribution is 2.26. The van der Waals surface area contributed by atoms with Crippen LogP contribution in [0.4, 0.5) is 14.6 Å². The summed E-state index contributed by atoms with van der Waals surface area (Å²) >= 11 is 0. The van der Waals surface area contributed by atoms with E-state index in [1.165, 1.54) is 0 Å². The van der Waals surface area contributed by atoms with E-state index in [1.807, 2.05) is 19.9 Å². The van der Waals surface area contributed by atoms with Crippen molar-refractivity contribution in [2.75, 3.05) is 11.9 Å². The number of aromatic nitrogens is 2. The average molecular weight is 237 g/mol. The van der Waals surface area contributed by atoms with E-state index in [0.29, 0.717) is 17.9 Å². The van der Waals surface area contributed by atoms with Crippen LogP contribution >= 0.6 is 0 Å². The summed E-state index contributed by atoms with van der Waals surface area (Å²) in [5, 5.41) is 3.81. The first-order valence-electron chi connectivity index (χ1n) is 5.42. The SMILES string of the molecule is CCNc1nc(C(F)F)nc2cccc(C)c12. The monoisotopic (exact) mass is 237 g/mol. The first-order chi connectivity index (χ1) is 8.13. The largest absolute Gasteiger partial charge is 0.370 e. The lowest BCUT2D eigenvalue weighted by molar-refractivity contribution is 0.141. The molecule has 0 bridgehead atoms. The van der Waals surface area contributed by atoms with Crippen molar-refractivity contribution >= 4 is 16.7 Å². The van der Waals surface area contributed by atoms with Crippen LogP contribution in [0.3, 0.4) is 0 Å². The van der Waals surface area contributed by atoms with Crippen LogP contribution in [0.2, 0.25) is 0 Å². The van der Waals surface area contributed by atoms with Gasteiger partial charge in [0.2, 0.25) is 0 Å². The lowest BCUT2D eigenvalue weighted by Gasteiger charge is -2.10. The summed E-state index contributed by atoms with van der Waals surface area (Å²) in [6.07, 6.45) is -2.66. The van der Waals surface area contributed by atoms with E-state index >= 15 is 0 Å². The van der Waals surface area contributed by atoms with E-state index in [0.717, 1.165) is 10.9 Å². The highest BCUT2D eigenvalue weighted by molar-refractivity contribution is 5.92. The number of hydrogen-bond acceptors (Lipinski definition) is 3. The maximum atomic E-state index is 12.7. The molecule has 0 saturated carbocycles. The first-order valence-corrected chi connectivity index (χ1v) is 5.42. The molecule has 2 rings (SSSR count). The van der Waals surface area contributed by atoms with Gasteiger partial charge in [0.25, 0.3) is 6.43 Å². The lowest BCUT2D eigenvalue weighted by atomic mass is 10.1. The molecule has 0 fully saturated rings. The van der Waals surface area contributed by atoms with Crippen molar-refractivity contribution in [3.8, 4) is 0 Å². The number of alkyl halides is 2. The van der Waals surface area contributed by atoms with Crippen LogP contribution in [0.15, 0.2) is 18.2 Å². The Balaban J connectivity index is 2.72. The molecule has 0 atom stereocenters. The average Bonchev–Trinajstić information content (AvgIpc) is 2.29. The summed E-state index contributed by atoms with van der Waals surface area (Å²) in [5.41, 5.74) is 1.52. The molecule has 0 amide bonds. The molecule has 0 aliphatic heterocycles. The summed E-state index contributed by atoms with van der Waals surface area (Å²) in [7, 11) is 0. The number of fused-ring (bicyclic) bond motifs is 1. The second-order valence-corrected chi connectivity index (χ2v) is 3.73. The fraction of sp³-hybridized carbons (Fsp3) is 0.333. The number of aryl methyl sites for hydroxylation is 1. The van der Waals surface area contributed by atoms with Crippen LogP contribution in [0.5, 0.6) is 0 Å². The number of halogens is 2. The van der Waals surface area contributed by atoms with Crippen molar-refractivity contribution in [1.82, 2.24) is 9.97 Å². The van der Waals surface area contributed by atoms with Gasteiger partial charge in [-0.05, 0) is 25.5 Å². The third kappa shape index (κ3) is 2.18. The summed E-state index contributed by atoms with van der Waals surface area (Å²) in [4.78, 5) is 7.76. The molecule has 1 N–H and O–H groups in total. The van der Waals surface area contributed by atoms with Gasteiger partial charge in [0.1, 0.15) is 5.82 Å². The molecule has 0 aliphatic rings. The molecule has 17 heavy (non-hydrogen) atoms. The van der Waals surface area contributed by atoms with Crippen molar-refractivity contribution < 1.29 is 8.78 Å². The number of rotatable bonds is 3. The van der Waals surface area contributed by atoms with Gasteiger partial charge in [-0.3, -0.25) is 0 Å². The van der Waals surface area contributed by atoms with Gasteiger partial charge in [0.05, 0.1) is 5.52 Å². The Kier molecular flexibility index (Phi) is 3.17. The Morgan fingerprint density at radius 3 is 2.71 bits per heavy atom. The minimum absolute atomic E-state index is 0.431. The minimum Gasteiger partial charge on any atom is -0.370 e. The van der Waals surface area contributed by atoms with Crippen LogP contribution in [0.1, 0.15) is 24.7 Å². The number of nitrogens with one attached hydrogen (secondary N) is 1. The van der Waals surface area contributed by atoms with E-state index in [1.54, 1.807) is 12.1 Å². The van der Waals surface area contributed by atoms with Gasteiger partial charge in [-0.1, -0.05) is 12.1 Å². The van der Waals surface area contributed by atoms with Crippen molar-refractivity contribution in [3.63, 3.8) is 0 Å². The van der Waals surface area contributed by atoms with Gasteiger partial charge in [-0.15, -0.1) is 0 Å². The van der Waals surface area contributed by atoms with Crippen LogP contribution in [-0.4, -0.2) is 16.5 Å². The van der Waals surface area contributed by atoms with Crippen molar-refractivity contribution in [3.05, 3.63) is 29.6 Å². The topological polar surface area (TPSA) is 37.8 Å². The fourth-order valence-corrected chi connectivity index (χ4v) is 1.77. The molecule has 0 spiro atoms. The van der Waals surface area contributed by atoms with Gasteiger partial charge in [-0.2, -0.15) is 0 Å². The van der Waals surface area contributed by atoms with Crippen molar-refractivity contribution in [2.24, 2.45) is 0 Å². The van der Waals surface area contributed by atoms with E-state index in [9.17, 15) is 8.78 Å². The molecule has 0 radical (unpaired) electrons. The molecule has 0 aliphatic carbocycles. The third-order valence-corrected chi connectivity index (χ3v) is 2.49. The van der Waals surface area contributed by atoms with Crippen LogP contribution in [-0.2, 0) is 0 Å². The maximum absolute atomic E-state index is 12.7. The molecule has 1 aromatic heterocycles. The summed E-state index contributed by atoms with van der Waals surface area (Å²) < 4.78 is 25.3. The Morgan fingerprint density at radius 2 is 2.06 bits per heavy atom. The zero-order valence-electron chi connectivity index (χ0n) is 9.67. The summed E-state index contributed by atoms with van der Waals surface area (Å²) in [5.74, 6) is 0.0463. The molecule has 1 aromatic carbocycles. The normalized spacial score (nSPS) is 11.1. The molecule has 0 saturated heterocycles. The Hall–Kier alpha value is -1.78. The van der Waals surface area contributed by atoms with E-state index in [4.69, 9.17) is 0 Å². The molecular formula is C12H13F2N3. The quantitative estimate of drug-likeness (QED) is 0.889. The molecule has 0 unspecified atom stereocenters. The van der Waals surface area contributed by atoms with Gasteiger partial charge in [-0.25, -0.2) is 18.7 Å². The van der Waals surface area contributed by atoms with Gasteiger partial charge in [0.15, 0.2) is 5.82 Å². The second kappa shape index (κ2) is 4.61. The highest BCUT2D eigenvalue weighted by atomic mass is 19.3. The number of anilines is 1.